The smallest absolute Gasteiger partial charge is 0.161 e. The van der Waals surface area contributed by atoms with Gasteiger partial charge >= 0.3 is 0 Å². The Bertz CT molecular complexity index is 929. The molecule has 0 saturated heterocycles. The summed E-state index contributed by atoms with van der Waals surface area (Å²) in [4.78, 5) is 0. The first-order valence-electron chi connectivity index (χ1n) is 9.78. The summed E-state index contributed by atoms with van der Waals surface area (Å²) in [6.45, 7) is 2.06. The van der Waals surface area contributed by atoms with Crippen LogP contribution >= 0.6 is 0 Å². The summed E-state index contributed by atoms with van der Waals surface area (Å²) in [5, 5.41) is 0. The second-order valence-electron chi connectivity index (χ2n) is 7.14. The molecule has 0 aliphatic heterocycles. The van der Waals surface area contributed by atoms with Crippen LogP contribution in [0.1, 0.15) is 34.2 Å². The van der Waals surface area contributed by atoms with E-state index in [-0.39, 0.29) is 12.0 Å². The summed E-state index contributed by atoms with van der Waals surface area (Å²) >= 11 is 0. The van der Waals surface area contributed by atoms with Gasteiger partial charge in [0, 0.05) is 12.0 Å². The van der Waals surface area contributed by atoms with Crippen molar-refractivity contribution < 1.29 is 18.9 Å². The summed E-state index contributed by atoms with van der Waals surface area (Å²) in [6, 6.07) is 19.9. The van der Waals surface area contributed by atoms with Crippen LogP contribution in [0, 0.1) is 6.92 Å². The molecule has 0 fully saturated rings. The van der Waals surface area contributed by atoms with Gasteiger partial charge in [-0.25, -0.2) is 0 Å². The molecule has 0 saturated carbocycles. The molecular formula is C25H29NO4. The average Bonchev–Trinajstić information content (AvgIpc) is 2.79. The SMILES string of the molecule is COc1ccc(C(c2ccc(OC)c(OC)c2)C(N)c2ccc(C)cc2)cc1OC. The molecule has 158 valence electrons. The molecule has 0 amide bonds. The van der Waals surface area contributed by atoms with Crippen molar-refractivity contribution in [2.45, 2.75) is 18.9 Å². The first-order chi connectivity index (χ1) is 14.5. The fourth-order valence-corrected chi connectivity index (χ4v) is 3.68. The van der Waals surface area contributed by atoms with Gasteiger partial charge in [-0.1, -0.05) is 42.0 Å². The number of hydrogen-bond donors (Lipinski definition) is 1. The first kappa shape index (κ1) is 21.5. The summed E-state index contributed by atoms with van der Waals surface area (Å²) in [5.74, 6) is 2.55. The highest BCUT2D eigenvalue weighted by Gasteiger charge is 2.26. The molecule has 3 aromatic rings. The van der Waals surface area contributed by atoms with Crippen LogP contribution in [0.3, 0.4) is 0 Å². The van der Waals surface area contributed by atoms with E-state index >= 15 is 0 Å². The number of aryl methyl sites for hydroxylation is 1. The topological polar surface area (TPSA) is 62.9 Å². The predicted octanol–water partition coefficient (Wildman–Crippen LogP) is 4.86. The fraction of sp³-hybridized carbons (Fsp3) is 0.280. The third kappa shape index (κ3) is 4.36. The lowest BCUT2D eigenvalue weighted by Crippen LogP contribution is -2.21. The maximum absolute atomic E-state index is 6.83. The van der Waals surface area contributed by atoms with Crippen LogP contribution in [0.5, 0.6) is 23.0 Å². The number of benzene rings is 3. The molecule has 0 aliphatic carbocycles. The van der Waals surface area contributed by atoms with Gasteiger partial charge in [0.2, 0.25) is 0 Å². The first-order valence-corrected chi connectivity index (χ1v) is 9.78. The van der Waals surface area contributed by atoms with E-state index in [0.717, 1.165) is 16.7 Å². The summed E-state index contributed by atoms with van der Waals surface area (Å²) in [7, 11) is 6.52. The van der Waals surface area contributed by atoms with Gasteiger partial charge < -0.3 is 24.7 Å². The Balaban J connectivity index is 2.15. The Labute approximate surface area is 178 Å². The number of nitrogens with two attached hydrogens (primary N) is 1. The maximum atomic E-state index is 6.83. The van der Waals surface area contributed by atoms with Crippen molar-refractivity contribution in [3.05, 3.63) is 82.9 Å². The number of rotatable bonds is 8. The van der Waals surface area contributed by atoms with Crippen LogP contribution in [0.15, 0.2) is 60.7 Å². The van der Waals surface area contributed by atoms with Crippen LogP contribution in [0.2, 0.25) is 0 Å². The third-order valence-electron chi connectivity index (χ3n) is 5.35. The molecular weight excluding hydrogens is 378 g/mol. The van der Waals surface area contributed by atoms with E-state index in [9.17, 15) is 0 Å². The van der Waals surface area contributed by atoms with Crippen molar-refractivity contribution in [1.82, 2.24) is 0 Å². The van der Waals surface area contributed by atoms with Gasteiger partial charge in [0.15, 0.2) is 23.0 Å². The molecule has 3 rings (SSSR count). The van der Waals surface area contributed by atoms with Crippen molar-refractivity contribution in [3.8, 4) is 23.0 Å². The van der Waals surface area contributed by atoms with Gasteiger partial charge in [0.1, 0.15) is 0 Å². The lowest BCUT2D eigenvalue weighted by atomic mass is 9.82. The lowest BCUT2D eigenvalue weighted by Gasteiger charge is -2.27. The molecule has 0 radical (unpaired) electrons. The van der Waals surface area contributed by atoms with Gasteiger partial charge in [-0.3, -0.25) is 0 Å². The molecule has 3 aromatic carbocycles. The van der Waals surface area contributed by atoms with Gasteiger partial charge in [0.25, 0.3) is 0 Å². The number of methoxy groups -OCH3 is 4. The molecule has 0 heterocycles. The lowest BCUT2D eigenvalue weighted by molar-refractivity contribution is 0.353. The van der Waals surface area contributed by atoms with Crippen LogP contribution in [-0.2, 0) is 0 Å². The average molecular weight is 408 g/mol. The normalized spacial score (nSPS) is 11.8. The quantitative estimate of drug-likeness (QED) is 0.578. The molecule has 5 nitrogen and oxygen atoms in total. The zero-order valence-corrected chi connectivity index (χ0v) is 18.1. The number of ether oxygens (including phenoxy) is 4. The maximum Gasteiger partial charge on any atom is 0.161 e. The van der Waals surface area contributed by atoms with E-state index in [2.05, 4.69) is 31.2 Å². The minimum absolute atomic E-state index is 0.132. The minimum atomic E-state index is -0.276. The molecule has 30 heavy (non-hydrogen) atoms. The van der Waals surface area contributed by atoms with Crippen molar-refractivity contribution in [2.24, 2.45) is 5.73 Å². The second-order valence-corrected chi connectivity index (χ2v) is 7.14. The highest BCUT2D eigenvalue weighted by Crippen LogP contribution is 2.41. The fourth-order valence-electron chi connectivity index (χ4n) is 3.68. The largest absolute Gasteiger partial charge is 0.493 e. The van der Waals surface area contributed by atoms with Gasteiger partial charge in [-0.15, -0.1) is 0 Å². The third-order valence-corrected chi connectivity index (χ3v) is 5.35. The van der Waals surface area contributed by atoms with Gasteiger partial charge in [0.05, 0.1) is 28.4 Å². The standard InChI is InChI=1S/C25H29NO4/c1-16-6-8-17(9-7-16)25(26)24(18-10-12-20(27-2)22(14-18)29-4)19-11-13-21(28-3)23(15-19)30-5/h6-15,24-25H,26H2,1-5H3. The van der Waals surface area contributed by atoms with Crippen LogP contribution in [0.4, 0.5) is 0 Å². The van der Waals surface area contributed by atoms with Crippen molar-refractivity contribution in [2.75, 3.05) is 28.4 Å². The van der Waals surface area contributed by atoms with Crippen LogP contribution in [-0.4, -0.2) is 28.4 Å². The highest BCUT2D eigenvalue weighted by molar-refractivity contribution is 5.51. The monoisotopic (exact) mass is 407 g/mol. The van der Waals surface area contributed by atoms with E-state index in [1.165, 1.54) is 5.56 Å². The second kappa shape index (κ2) is 9.55. The van der Waals surface area contributed by atoms with E-state index in [4.69, 9.17) is 24.7 Å². The van der Waals surface area contributed by atoms with Crippen molar-refractivity contribution in [1.29, 1.82) is 0 Å². The Morgan fingerprint density at radius 2 is 0.967 bits per heavy atom. The molecule has 2 N–H and O–H groups in total. The Kier molecular flexibility index (Phi) is 6.85. The number of hydrogen-bond acceptors (Lipinski definition) is 5. The predicted molar refractivity (Wildman–Crippen MR) is 119 cm³/mol. The molecule has 1 atom stereocenters. The van der Waals surface area contributed by atoms with Crippen LogP contribution in [0.25, 0.3) is 0 Å². The van der Waals surface area contributed by atoms with E-state index in [1.807, 2.05) is 36.4 Å². The van der Waals surface area contributed by atoms with Gasteiger partial charge in [-0.05, 0) is 47.9 Å². The van der Waals surface area contributed by atoms with E-state index < -0.39 is 0 Å². The molecule has 0 spiro atoms. The van der Waals surface area contributed by atoms with E-state index in [1.54, 1.807) is 28.4 Å². The van der Waals surface area contributed by atoms with Crippen molar-refractivity contribution in [3.63, 3.8) is 0 Å². The summed E-state index contributed by atoms with van der Waals surface area (Å²) < 4.78 is 21.9. The zero-order chi connectivity index (χ0) is 21.7. The molecule has 1 unspecified atom stereocenters. The summed E-state index contributed by atoms with van der Waals surface area (Å²) in [6.07, 6.45) is 0. The van der Waals surface area contributed by atoms with Gasteiger partial charge in [-0.2, -0.15) is 0 Å². The molecule has 0 aliphatic rings. The Hall–Kier alpha value is -3.18. The van der Waals surface area contributed by atoms with E-state index in [0.29, 0.717) is 23.0 Å². The Morgan fingerprint density at radius 3 is 1.37 bits per heavy atom. The molecule has 5 heteroatoms. The highest BCUT2D eigenvalue weighted by atomic mass is 16.5. The van der Waals surface area contributed by atoms with Crippen LogP contribution < -0.4 is 24.7 Å². The molecule has 0 aromatic heterocycles. The minimum Gasteiger partial charge on any atom is -0.493 e. The molecule has 0 bridgehead atoms. The Morgan fingerprint density at radius 1 is 0.567 bits per heavy atom. The van der Waals surface area contributed by atoms with Crippen molar-refractivity contribution >= 4 is 0 Å². The zero-order valence-electron chi connectivity index (χ0n) is 18.1. The summed E-state index contributed by atoms with van der Waals surface area (Å²) in [5.41, 5.74) is 11.1.